The third-order valence-corrected chi connectivity index (χ3v) is 3.58. The van der Waals surface area contributed by atoms with Crippen molar-refractivity contribution in [1.29, 1.82) is 0 Å². The van der Waals surface area contributed by atoms with Gasteiger partial charge in [-0.15, -0.1) is 0 Å². The Morgan fingerprint density at radius 2 is 1.38 bits per heavy atom. The minimum Gasteiger partial charge on any atom is -0.241 e. The molecule has 0 N–H and O–H groups in total. The molecule has 2 fully saturated rings. The Labute approximate surface area is 97.5 Å². The Morgan fingerprint density at radius 3 is 1.69 bits per heavy atom. The van der Waals surface area contributed by atoms with Gasteiger partial charge in [0.05, 0.1) is 11.4 Å². The van der Waals surface area contributed by atoms with E-state index in [4.69, 9.17) is 0 Å². The molecule has 1 aromatic heterocycles. The van der Waals surface area contributed by atoms with E-state index in [0.29, 0.717) is 0 Å². The summed E-state index contributed by atoms with van der Waals surface area (Å²) in [4.78, 5) is 9.13. The molecule has 0 amide bonds. The number of nitrogens with zero attached hydrogens (tertiary/aromatic N) is 2. The molecule has 2 aliphatic carbocycles. The van der Waals surface area contributed by atoms with Crippen molar-refractivity contribution < 1.29 is 0 Å². The highest BCUT2D eigenvalue weighted by Crippen LogP contribution is 2.48. The van der Waals surface area contributed by atoms with E-state index in [9.17, 15) is 0 Å². The largest absolute Gasteiger partial charge is 0.241 e. The molecule has 2 saturated carbocycles. The smallest absolute Gasteiger partial charge is 0.115 e. The molecule has 2 aliphatic rings. The van der Waals surface area contributed by atoms with E-state index in [1.54, 1.807) is 6.33 Å². The molecule has 2 nitrogen and oxygen atoms in total. The van der Waals surface area contributed by atoms with E-state index in [0.717, 1.165) is 11.8 Å². The first-order valence-electron chi connectivity index (χ1n) is 6.42. The highest BCUT2D eigenvalue weighted by Gasteiger charge is 2.37. The molecule has 0 aromatic carbocycles. The normalized spacial score (nSPS) is 21.2. The first-order chi connectivity index (χ1) is 7.57. The van der Waals surface area contributed by atoms with Crippen LogP contribution in [0.3, 0.4) is 0 Å². The van der Waals surface area contributed by atoms with Crippen molar-refractivity contribution in [2.45, 2.75) is 63.7 Å². The van der Waals surface area contributed by atoms with Gasteiger partial charge < -0.3 is 0 Å². The lowest BCUT2D eigenvalue weighted by Crippen LogP contribution is -2.19. The second-order valence-electron chi connectivity index (χ2n) is 6.32. The molecule has 0 atom stereocenters. The fraction of sp³-hybridized carbons (Fsp3) is 0.714. The standard InChI is InChI=1S/C14H20N2/c1-14(2,3)11-12(9-4-5-9)15-8-16-13(11)10-6-7-10/h8-10H,4-7H2,1-3H3. The summed E-state index contributed by atoms with van der Waals surface area (Å²) in [5, 5.41) is 0. The SMILES string of the molecule is CC(C)(C)c1c(C2CC2)ncnc1C1CC1. The van der Waals surface area contributed by atoms with E-state index in [1.165, 1.54) is 42.6 Å². The zero-order valence-electron chi connectivity index (χ0n) is 10.5. The van der Waals surface area contributed by atoms with Crippen LogP contribution < -0.4 is 0 Å². The van der Waals surface area contributed by atoms with Crippen LogP contribution in [0.4, 0.5) is 0 Å². The lowest BCUT2D eigenvalue weighted by Gasteiger charge is -2.24. The summed E-state index contributed by atoms with van der Waals surface area (Å²) in [6.07, 6.45) is 7.08. The molecule has 1 heterocycles. The van der Waals surface area contributed by atoms with Gasteiger partial charge >= 0.3 is 0 Å². The molecule has 1 aromatic rings. The number of aromatic nitrogens is 2. The van der Waals surface area contributed by atoms with Gasteiger partial charge in [0.2, 0.25) is 0 Å². The third kappa shape index (κ3) is 1.74. The maximum atomic E-state index is 4.57. The van der Waals surface area contributed by atoms with Gasteiger partial charge in [-0.25, -0.2) is 9.97 Å². The maximum Gasteiger partial charge on any atom is 0.115 e. The van der Waals surface area contributed by atoms with Gasteiger partial charge in [-0.1, -0.05) is 20.8 Å². The molecule has 0 aliphatic heterocycles. The minimum atomic E-state index is 0.192. The Kier molecular flexibility index (Phi) is 2.10. The lowest BCUT2D eigenvalue weighted by molar-refractivity contribution is 0.563. The molecule has 0 spiro atoms. The van der Waals surface area contributed by atoms with Crippen molar-refractivity contribution in [3.05, 3.63) is 23.3 Å². The van der Waals surface area contributed by atoms with Crippen LogP contribution in [0.25, 0.3) is 0 Å². The van der Waals surface area contributed by atoms with Crippen LogP contribution in [-0.4, -0.2) is 9.97 Å². The summed E-state index contributed by atoms with van der Waals surface area (Å²) < 4.78 is 0. The van der Waals surface area contributed by atoms with Crippen LogP contribution in [0, 0.1) is 0 Å². The van der Waals surface area contributed by atoms with E-state index in [1.807, 2.05) is 0 Å². The van der Waals surface area contributed by atoms with E-state index >= 15 is 0 Å². The highest BCUT2D eigenvalue weighted by molar-refractivity contribution is 5.39. The summed E-state index contributed by atoms with van der Waals surface area (Å²) >= 11 is 0. The first kappa shape index (κ1) is 10.2. The van der Waals surface area contributed by atoms with Crippen LogP contribution in [0.5, 0.6) is 0 Å². The quantitative estimate of drug-likeness (QED) is 0.755. The fourth-order valence-corrected chi connectivity index (χ4v) is 2.51. The average molecular weight is 216 g/mol. The summed E-state index contributed by atoms with van der Waals surface area (Å²) in [5.41, 5.74) is 4.35. The first-order valence-corrected chi connectivity index (χ1v) is 6.42. The van der Waals surface area contributed by atoms with Gasteiger partial charge in [-0.3, -0.25) is 0 Å². The van der Waals surface area contributed by atoms with Crippen molar-refractivity contribution in [1.82, 2.24) is 9.97 Å². The number of rotatable bonds is 2. The molecular weight excluding hydrogens is 196 g/mol. The van der Waals surface area contributed by atoms with Crippen LogP contribution >= 0.6 is 0 Å². The van der Waals surface area contributed by atoms with Gasteiger partial charge in [-0.05, 0) is 31.1 Å². The number of hydrogen-bond acceptors (Lipinski definition) is 2. The molecule has 3 rings (SSSR count). The molecule has 0 saturated heterocycles. The lowest BCUT2D eigenvalue weighted by atomic mass is 9.82. The van der Waals surface area contributed by atoms with Crippen molar-refractivity contribution >= 4 is 0 Å². The fourth-order valence-electron chi connectivity index (χ4n) is 2.51. The predicted molar refractivity (Wildman–Crippen MR) is 64.7 cm³/mol. The second-order valence-corrected chi connectivity index (χ2v) is 6.32. The molecule has 0 radical (unpaired) electrons. The average Bonchev–Trinajstić information content (AvgIpc) is 3.07. The Balaban J connectivity index is 2.13. The van der Waals surface area contributed by atoms with Crippen LogP contribution in [0.1, 0.15) is 75.2 Å². The van der Waals surface area contributed by atoms with E-state index in [-0.39, 0.29) is 5.41 Å². The summed E-state index contributed by atoms with van der Waals surface area (Å²) in [6.45, 7) is 6.89. The maximum absolute atomic E-state index is 4.57. The predicted octanol–water partition coefficient (Wildman–Crippen LogP) is 3.53. The van der Waals surface area contributed by atoms with Gasteiger partial charge in [-0.2, -0.15) is 0 Å². The third-order valence-electron chi connectivity index (χ3n) is 3.58. The van der Waals surface area contributed by atoms with Gasteiger partial charge in [0.15, 0.2) is 0 Å². The Morgan fingerprint density at radius 1 is 0.938 bits per heavy atom. The molecule has 0 unspecified atom stereocenters. The zero-order valence-corrected chi connectivity index (χ0v) is 10.5. The van der Waals surface area contributed by atoms with E-state index < -0.39 is 0 Å². The molecule has 2 heteroatoms. The van der Waals surface area contributed by atoms with E-state index in [2.05, 4.69) is 30.7 Å². The highest BCUT2D eigenvalue weighted by atomic mass is 14.9. The van der Waals surface area contributed by atoms with Crippen molar-refractivity contribution in [2.75, 3.05) is 0 Å². The Bertz CT molecular complexity index is 379. The monoisotopic (exact) mass is 216 g/mol. The molecular formula is C14H20N2. The second kappa shape index (κ2) is 3.28. The summed E-state index contributed by atoms with van der Waals surface area (Å²) in [7, 11) is 0. The van der Waals surface area contributed by atoms with Crippen molar-refractivity contribution in [3.63, 3.8) is 0 Å². The number of hydrogen-bond donors (Lipinski definition) is 0. The summed E-state index contributed by atoms with van der Waals surface area (Å²) in [5.74, 6) is 1.46. The van der Waals surface area contributed by atoms with Crippen LogP contribution in [-0.2, 0) is 5.41 Å². The molecule has 16 heavy (non-hydrogen) atoms. The van der Waals surface area contributed by atoms with Gasteiger partial charge in [0, 0.05) is 17.4 Å². The molecule has 86 valence electrons. The topological polar surface area (TPSA) is 25.8 Å². The summed E-state index contributed by atoms with van der Waals surface area (Å²) in [6, 6.07) is 0. The van der Waals surface area contributed by atoms with Crippen molar-refractivity contribution in [2.24, 2.45) is 0 Å². The zero-order chi connectivity index (χ0) is 11.3. The van der Waals surface area contributed by atoms with Crippen LogP contribution in [0.2, 0.25) is 0 Å². The van der Waals surface area contributed by atoms with Crippen LogP contribution in [0.15, 0.2) is 6.33 Å². The van der Waals surface area contributed by atoms with Gasteiger partial charge in [0.1, 0.15) is 6.33 Å². The van der Waals surface area contributed by atoms with Crippen molar-refractivity contribution in [3.8, 4) is 0 Å². The Hall–Kier alpha value is -0.920. The van der Waals surface area contributed by atoms with Gasteiger partial charge in [0.25, 0.3) is 0 Å². The molecule has 0 bridgehead atoms. The minimum absolute atomic E-state index is 0.192.